The molecule has 8 nitrogen and oxygen atoms in total. The number of halogens is 10. The standard InChI is InChI=1S/C22H28N2O.C4F10NO4S2/c1-3-22(25)23-16-11-17-24(4-2,18-20-12-7-5-8-13-20)19-21-14-9-6-10-15-21;5-1(6,7)3(11,12)20(16,17)15-21(18,19)4(13,14)2(8,9)10/h3,5-10,12-15H,1,4,11,16-19H2,2H3;/q;-1/p+1. The molecule has 0 saturated heterocycles. The Morgan fingerprint density at radius 3 is 1.43 bits per heavy atom. The second-order valence-electron chi connectivity index (χ2n) is 9.57. The topological polar surface area (TPSA) is 111 Å². The lowest BCUT2D eigenvalue weighted by Gasteiger charge is -2.38. The van der Waals surface area contributed by atoms with Gasteiger partial charge >= 0.3 is 22.9 Å². The molecule has 0 radical (unpaired) electrons. The minimum Gasteiger partial charge on any atom is -0.425 e. The molecule has 2 rings (SSSR count). The zero-order chi connectivity index (χ0) is 35.7. The molecule has 0 atom stereocenters. The molecule has 0 aliphatic rings. The maximum Gasteiger partial charge on any atom is 0.467 e. The molecule has 1 amide bonds. The summed E-state index contributed by atoms with van der Waals surface area (Å²) in [6, 6.07) is 21.3. The summed E-state index contributed by atoms with van der Waals surface area (Å²) in [4.78, 5) is 11.4. The van der Waals surface area contributed by atoms with Crippen molar-refractivity contribution < 1.29 is 70.0 Å². The van der Waals surface area contributed by atoms with Gasteiger partial charge in [0.2, 0.25) is 5.91 Å². The highest BCUT2D eigenvalue weighted by Crippen LogP contribution is 2.47. The van der Waals surface area contributed by atoms with Crippen molar-refractivity contribution in [3.8, 4) is 0 Å². The summed E-state index contributed by atoms with van der Waals surface area (Å²) in [6.45, 7) is 10.5. The SMILES string of the molecule is C=CC(=O)NCCC[N+](CC)(Cc1ccccc1)Cc1ccccc1.O=S(=O)([N-]S(=O)(=O)C(F)(F)C(F)(F)F)C(F)(F)C(F)(F)F. The molecule has 0 saturated carbocycles. The number of hydrogen-bond acceptors (Lipinski definition) is 5. The van der Waals surface area contributed by atoms with Crippen LogP contribution < -0.4 is 5.32 Å². The van der Waals surface area contributed by atoms with Gasteiger partial charge in [0.1, 0.15) is 13.1 Å². The molecule has 2 aromatic rings. The van der Waals surface area contributed by atoms with Gasteiger partial charge in [-0.25, -0.2) is 16.8 Å². The first-order valence-corrected chi connectivity index (χ1v) is 15.7. The van der Waals surface area contributed by atoms with Gasteiger partial charge in [0, 0.05) is 24.1 Å². The number of alkyl halides is 10. The highest BCUT2D eigenvalue weighted by Gasteiger charge is 2.68. The van der Waals surface area contributed by atoms with E-state index in [1.54, 1.807) is 0 Å². The Morgan fingerprint density at radius 1 is 0.761 bits per heavy atom. The summed E-state index contributed by atoms with van der Waals surface area (Å²) < 4.78 is 162. The quantitative estimate of drug-likeness (QED) is 0.108. The fourth-order valence-electron chi connectivity index (χ4n) is 3.75. The maximum atomic E-state index is 12.3. The average molecular weight is 718 g/mol. The molecule has 0 aliphatic carbocycles. The minimum absolute atomic E-state index is 0.0966. The Kier molecular flexibility index (Phi) is 13.8. The lowest BCUT2D eigenvalue weighted by atomic mass is 10.1. The van der Waals surface area contributed by atoms with Crippen LogP contribution in [0.15, 0.2) is 73.3 Å². The van der Waals surface area contributed by atoms with Gasteiger partial charge < -0.3 is 13.9 Å². The van der Waals surface area contributed by atoms with Crippen LogP contribution in [0.5, 0.6) is 0 Å². The molecule has 260 valence electrons. The number of amides is 1. The number of carbonyl (C=O) groups is 1. The van der Waals surface area contributed by atoms with Gasteiger partial charge in [-0.3, -0.25) is 4.79 Å². The average Bonchev–Trinajstić information content (AvgIpc) is 2.94. The smallest absolute Gasteiger partial charge is 0.425 e. The zero-order valence-electron chi connectivity index (χ0n) is 23.8. The summed E-state index contributed by atoms with van der Waals surface area (Å²) in [7, 11) is -15.2. The first-order chi connectivity index (χ1) is 20.9. The molecule has 20 heteroatoms. The Morgan fingerprint density at radius 2 is 1.13 bits per heavy atom. The monoisotopic (exact) mass is 717 g/mol. The number of hydrogen-bond donors (Lipinski definition) is 1. The molecule has 46 heavy (non-hydrogen) atoms. The Bertz CT molecular complexity index is 1410. The molecule has 0 aliphatic heterocycles. The van der Waals surface area contributed by atoms with Crippen LogP contribution in [0.3, 0.4) is 0 Å². The van der Waals surface area contributed by atoms with E-state index in [0.29, 0.717) is 10.7 Å². The first kappa shape index (κ1) is 40.8. The van der Waals surface area contributed by atoms with Crippen LogP contribution in [0, 0.1) is 0 Å². The fraction of sp³-hybridized carbons (Fsp3) is 0.423. The molecule has 0 bridgehead atoms. The summed E-state index contributed by atoms with van der Waals surface area (Å²) >= 11 is 0. The van der Waals surface area contributed by atoms with E-state index in [4.69, 9.17) is 0 Å². The van der Waals surface area contributed by atoms with Crippen molar-refractivity contribution >= 4 is 26.0 Å². The van der Waals surface area contributed by atoms with Crippen molar-refractivity contribution in [2.75, 3.05) is 19.6 Å². The largest absolute Gasteiger partial charge is 0.467 e. The predicted molar refractivity (Wildman–Crippen MR) is 147 cm³/mol. The van der Waals surface area contributed by atoms with Crippen LogP contribution in [0.2, 0.25) is 0 Å². The van der Waals surface area contributed by atoms with Gasteiger partial charge in [-0.2, -0.15) is 43.9 Å². The van der Waals surface area contributed by atoms with Crippen LogP contribution in [-0.4, -0.2) is 69.7 Å². The van der Waals surface area contributed by atoms with E-state index in [-0.39, 0.29) is 5.91 Å². The molecular formula is C26H29F10N3O5S2. The first-order valence-electron chi connectivity index (χ1n) is 12.8. The van der Waals surface area contributed by atoms with E-state index in [9.17, 15) is 65.5 Å². The van der Waals surface area contributed by atoms with Crippen molar-refractivity contribution in [1.82, 2.24) is 5.32 Å². The Labute approximate surface area is 258 Å². The molecule has 0 aromatic heterocycles. The van der Waals surface area contributed by atoms with Gasteiger partial charge in [0.15, 0.2) is 20.0 Å². The number of benzene rings is 2. The Hall–Kier alpha value is -3.23. The van der Waals surface area contributed by atoms with Gasteiger partial charge in [0.05, 0.1) is 13.1 Å². The number of nitrogens with one attached hydrogen (secondary N) is 1. The summed E-state index contributed by atoms with van der Waals surface area (Å²) in [5, 5.41) is -11.1. The third-order valence-corrected chi connectivity index (χ3v) is 9.52. The fourth-order valence-corrected chi connectivity index (χ4v) is 6.12. The number of sulfonamides is 2. The molecule has 0 spiro atoms. The molecular weight excluding hydrogens is 688 g/mol. The van der Waals surface area contributed by atoms with E-state index >= 15 is 0 Å². The number of rotatable bonds is 14. The van der Waals surface area contributed by atoms with E-state index in [0.717, 1.165) is 37.1 Å². The maximum absolute atomic E-state index is 12.3. The van der Waals surface area contributed by atoms with Crippen molar-refractivity contribution in [2.24, 2.45) is 0 Å². The van der Waals surface area contributed by atoms with Crippen molar-refractivity contribution in [3.05, 3.63) is 88.6 Å². The van der Waals surface area contributed by atoms with E-state index < -0.39 is 42.9 Å². The van der Waals surface area contributed by atoms with Crippen LogP contribution in [0.25, 0.3) is 4.13 Å². The normalized spacial score (nSPS) is 13.4. The van der Waals surface area contributed by atoms with Crippen molar-refractivity contribution in [3.63, 3.8) is 0 Å². The lowest BCUT2D eigenvalue weighted by molar-refractivity contribution is -0.952. The summed E-state index contributed by atoms with van der Waals surface area (Å²) in [6.07, 6.45) is -11.7. The number of carbonyl (C=O) groups excluding carboxylic acids is 1. The summed E-state index contributed by atoms with van der Waals surface area (Å²) in [5.41, 5.74) is 2.71. The lowest BCUT2D eigenvalue weighted by Crippen LogP contribution is -2.48. The van der Waals surface area contributed by atoms with Crippen LogP contribution in [0.4, 0.5) is 43.9 Å². The highest BCUT2D eigenvalue weighted by atomic mass is 32.3. The van der Waals surface area contributed by atoms with Crippen molar-refractivity contribution in [2.45, 2.75) is 49.3 Å². The van der Waals surface area contributed by atoms with E-state index in [1.807, 2.05) is 0 Å². The van der Waals surface area contributed by atoms with Crippen LogP contribution in [0.1, 0.15) is 24.5 Å². The second-order valence-corrected chi connectivity index (χ2v) is 13.1. The third-order valence-electron chi connectivity index (χ3n) is 6.19. The highest BCUT2D eigenvalue weighted by molar-refractivity contribution is 8.13. The molecule has 0 unspecified atom stereocenters. The van der Waals surface area contributed by atoms with Gasteiger partial charge in [0.25, 0.3) is 0 Å². The van der Waals surface area contributed by atoms with Crippen LogP contribution in [-0.2, 0) is 37.9 Å². The molecule has 0 heterocycles. The second kappa shape index (κ2) is 15.6. The van der Waals surface area contributed by atoms with Gasteiger partial charge in [-0.1, -0.05) is 67.2 Å². The van der Waals surface area contributed by atoms with Crippen molar-refractivity contribution in [1.29, 1.82) is 0 Å². The minimum atomic E-state index is -7.62. The van der Waals surface area contributed by atoms with Crippen LogP contribution >= 0.6 is 0 Å². The molecule has 2 aromatic carbocycles. The zero-order valence-corrected chi connectivity index (χ0v) is 25.5. The Balaban J connectivity index is 0.000000469. The van der Waals surface area contributed by atoms with Gasteiger partial charge in [-0.05, 0) is 13.0 Å². The third kappa shape index (κ3) is 10.7. The van der Waals surface area contributed by atoms with Gasteiger partial charge in [-0.15, -0.1) is 0 Å². The predicted octanol–water partition coefficient (Wildman–Crippen LogP) is 6.25. The number of nitrogens with zero attached hydrogens (tertiary/aromatic N) is 2. The molecule has 1 N–H and O–H groups in total. The van der Waals surface area contributed by atoms with E-state index in [1.165, 1.54) is 17.2 Å². The molecule has 0 fully saturated rings. The summed E-state index contributed by atoms with van der Waals surface area (Å²) in [5.74, 6) is -0.0966. The number of quaternary nitrogens is 1. The van der Waals surface area contributed by atoms with E-state index in [2.05, 4.69) is 79.5 Å².